The Morgan fingerprint density at radius 3 is 2.44 bits per heavy atom. The van der Waals surface area contributed by atoms with E-state index in [2.05, 4.69) is 9.97 Å². The maximum atomic E-state index is 12.6. The van der Waals surface area contributed by atoms with Crippen LogP contribution in [0.5, 0.6) is 0 Å². The molecule has 0 fully saturated rings. The molecule has 0 radical (unpaired) electrons. The van der Waals surface area contributed by atoms with Crippen LogP contribution in [0.4, 0.5) is 0 Å². The van der Waals surface area contributed by atoms with E-state index in [-0.39, 0.29) is 5.78 Å². The van der Waals surface area contributed by atoms with Crippen LogP contribution in [-0.4, -0.2) is 20.7 Å². The van der Waals surface area contributed by atoms with Crippen LogP contribution in [0.3, 0.4) is 0 Å². The van der Waals surface area contributed by atoms with Gasteiger partial charge in [-0.15, -0.1) is 0 Å². The van der Waals surface area contributed by atoms with Gasteiger partial charge < -0.3 is 4.98 Å². The number of aromatic amines is 1. The number of hydrogen-bond acceptors (Lipinski definition) is 3. The molecule has 2 aromatic heterocycles. The lowest BCUT2D eigenvalue weighted by molar-refractivity contribution is 0.103. The van der Waals surface area contributed by atoms with Crippen LogP contribution >= 0.6 is 0 Å². The number of ketones is 1. The van der Waals surface area contributed by atoms with Gasteiger partial charge in [-0.1, -0.05) is 48.5 Å². The molecule has 1 N–H and O–H groups in total. The number of H-pyrrole nitrogens is 1. The van der Waals surface area contributed by atoms with Crippen LogP contribution in [0.25, 0.3) is 33.1 Å². The van der Waals surface area contributed by atoms with Crippen molar-refractivity contribution in [2.75, 3.05) is 0 Å². The number of aromatic nitrogens is 3. The normalized spacial score (nSPS) is 11.4. The van der Waals surface area contributed by atoms with Gasteiger partial charge in [-0.3, -0.25) is 4.79 Å². The first kappa shape index (κ1) is 13.9. The fraction of sp³-hybridized carbons (Fsp3) is 0. The number of rotatable bonds is 2. The maximum absolute atomic E-state index is 12.6. The predicted molar refractivity (Wildman–Crippen MR) is 98.8 cm³/mol. The zero-order chi connectivity index (χ0) is 16.8. The van der Waals surface area contributed by atoms with Gasteiger partial charge in [0.2, 0.25) is 0 Å². The van der Waals surface area contributed by atoms with Crippen LogP contribution in [0.15, 0.2) is 72.8 Å². The molecule has 118 valence electrons. The molecule has 0 spiro atoms. The molecule has 3 aromatic carbocycles. The second kappa shape index (κ2) is 5.24. The van der Waals surface area contributed by atoms with Crippen LogP contribution in [0, 0.1) is 0 Å². The topological polar surface area (TPSA) is 58.6 Å². The minimum absolute atomic E-state index is 0.0129. The molecule has 4 nitrogen and oxygen atoms in total. The van der Waals surface area contributed by atoms with Crippen molar-refractivity contribution in [2.45, 2.75) is 0 Å². The molecule has 0 aliphatic heterocycles. The van der Waals surface area contributed by atoms with Gasteiger partial charge in [0.05, 0.1) is 11.0 Å². The van der Waals surface area contributed by atoms with Crippen molar-refractivity contribution in [1.29, 1.82) is 0 Å². The predicted octanol–water partition coefficient (Wildman–Crippen LogP) is 4.50. The van der Waals surface area contributed by atoms with Crippen LogP contribution < -0.4 is 0 Å². The van der Waals surface area contributed by atoms with Crippen molar-refractivity contribution in [3.05, 3.63) is 83.9 Å². The summed E-state index contributed by atoms with van der Waals surface area (Å²) in [6.07, 6.45) is 0. The highest BCUT2D eigenvalue weighted by molar-refractivity contribution is 6.11. The van der Waals surface area contributed by atoms with Gasteiger partial charge >= 0.3 is 0 Å². The molecule has 0 saturated heterocycles. The first-order chi connectivity index (χ1) is 12.3. The lowest BCUT2D eigenvalue weighted by Crippen LogP contribution is -2.01. The van der Waals surface area contributed by atoms with Crippen molar-refractivity contribution >= 4 is 38.9 Å². The number of hydrogen-bond donors (Lipinski definition) is 1. The molecule has 2 heterocycles. The van der Waals surface area contributed by atoms with Gasteiger partial charge in [-0.05, 0) is 24.3 Å². The van der Waals surface area contributed by atoms with Gasteiger partial charge in [-0.2, -0.15) is 0 Å². The Balaban J connectivity index is 1.70. The van der Waals surface area contributed by atoms with E-state index in [9.17, 15) is 4.79 Å². The van der Waals surface area contributed by atoms with Crippen LogP contribution in [0.2, 0.25) is 0 Å². The first-order valence-corrected chi connectivity index (χ1v) is 8.07. The molecule has 5 rings (SSSR count). The summed E-state index contributed by atoms with van der Waals surface area (Å²) in [6.45, 7) is 0. The minimum Gasteiger partial charge on any atom is -0.338 e. The highest BCUT2D eigenvalue weighted by Gasteiger charge is 2.12. The fourth-order valence-electron chi connectivity index (χ4n) is 3.15. The Bertz CT molecular complexity index is 1260. The zero-order valence-electron chi connectivity index (χ0n) is 13.2. The fourth-order valence-corrected chi connectivity index (χ4v) is 3.15. The van der Waals surface area contributed by atoms with Crippen LogP contribution in [0.1, 0.15) is 15.9 Å². The molecule has 4 heteroatoms. The minimum atomic E-state index is -0.0129. The van der Waals surface area contributed by atoms with Gasteiger partial charge in [0.1, 0.15) is 5.52 Å². The highest BCUT2D eigenvalue weighted by Crippen LogP contribution is 2.25. The third-order valence-corrected chi connectivity index (χ3v) is 4.40. The standard InChI is InChI=1S/C21H13N3O/c25-20(13-6-2-1-3-7-13)14-10-11-17-18(12-14)24-21-19(22-17)15-8-4-5-9-16(15)23-21/h1-12H,(H,23,24). The monoisotopic (exact) mass is 323 g/mol. The lowest BCUT2D eigenvalue weighted by Gasteiger charge is -2.03. The Morgan fingerprint density at radius 1 is 0.760 bits per heavy atom. The Morgan fingerprint density at radius 2 is 1.56 bits per heavy atom. The number of fused-ring (bicyclic) bond motifs is 4. The number of carbonyl (C=O) groups excluding carboxylic acids is 1. The smallest absolute Gasteiger partial charge is 0.193 e. The van der Waals surface area contributed by atoms with E-state index in [1.165, 1.54) is 0 Å². The zero-order valence-corrected chi connectivity index (χ0v) is 13.2. The highest BCUT2D eigenvalue weighted by atomic mass is 16.1. The van der Waals surface area contributed by atoms with Crippen molar-refractivity contribution in [3.8, 4) is 0 Å². The molecule has 5 aromatic rings. The molecule has 0 aliphatic carbocycles. The van der Waals surface area contributed by atoms with E-state index in [0.717, 1.165) is 27.6 Å². The summed E-state index contributed by atoms with van der Waals surface area (Å²) in [7, 11) is 0. The average Bonchev–Trinajstić information content (AvgIpc) is 3.03. The molecular weight excluding hydrogens is 310 g/mol. The number of para-hydroxylation sites is 1. The Hall–Kier alpha value is -3.53. The number of nitrogens with zero attached hydrogens (tertiary/aromatic N) is 2. The third-order valence-electron chi connectivity index (χ3n) is 4.40. The maximum Gasteiger partial charge on any atom is 0.193 e. The summed E-state index contributed by atoms with van der Waals surface area (Å²) >= 11 is 0. The largest absolute Gasteiger partial charge is 0.338 e. The van der Waals surface area contributed by atoms with Gasteiger partial charge in [0, 0.05) is 22.0 Å². The summed E-state index contributed by atoms with van der Waals surface area (Å²) < 4.78 is 0. The lowest BCUT2D eigenvalue weighted by atomic mass is 10.0. The molecule has 25 heavy (non-hydrogen) atoms. The summed E-state index contributed by atoms with van der Waals surface area (Å²) in [5.74, 6) is -0.0129. The summed E-state index contributed by atoms with van der Waals surface area (Å²) in [6, 6.07) is 22.7. The second-order valence-electron chi connectivity index (χ2n) is 5.99. The average molecular weight is 323 g/mol. The third kappa shape index (κ3) is 2.19. The van der Waals surface area contributed by atoms with E-state index in [1.54, 1.807) is 0 Å². The Kier molecular flexibility index (Phi) is 2.91. The molecule has 0 saturated carbocycles. The number of nitrogens with one attached hydrogen (secondary N) is 1. The van der Waals surface area contributed by atoms with E-state index in [1.807, 2.05) is 72.8 Å². The molecule has 0 unspecified atom stereocenters. The van der Waals surface area contributed by atoms with Crippen molar-refractivity contribution in [1.82, 2.24) is 15.0 Å². The second-order valence-corrected chi connectivity index (χ2v) is 5.99. The van der Waals surface area contributed by atoms with E-state index >= 15 is 0 Å². The summed E-state index contributed by atoms with van der Waals surface area (Å²) in [5, 5.41) is 1.05. The molecule has 0 bridgehead atoms. The van der Waals surface area contributed by atoms with Gasteiger partial charge in [0.25, 0.3) is 0 Å². The van der Waals surface area contributed by atoms with E-state index in [4.69, 9.17) is 4.98 Å². The molecule has 0 amide bonds. The van der Waals surface area contributed by atoms with Gasteiger partial charge in [0.15, 0.2) is 11.4 Å². The summed E-state index contributed by atoms with van der Waals surface area (Å²) in [4.78, 5) is 25.3. The van der Waals surface area contributed by atoms with Gasteiger partial charge in [-0.25, -0.2) is 9.97 Å². The summed E-state index contributed by atoms with van der Waals surface area (Å²) in [5.41, 5.74) is 5.37. The SMILES string of the molecule is O=C(c1ccccc1)c1ccc2nc3c(nc2c1)[nH]c1ccccc13. The van der Waals surface area contributed by atoms with E-state index < -0.39 is 0 Å². The van der Waals surface area contributed by atoms with Crippen molar-refractivity contribution in [2.24, 2.45) is 0 Å². The first-order valence-electron chi connectivity index (χ1n) is 8.07. The molecular formula is C21H13N3O. The number of carbonyl (C=O) groups is 1. The van der Waals surface area contributed by atoms with Crippen molar-refractivity contribution in [3.63, 3.8) is 0 Å². The number of benzene rings is 3. The van der Waals surface area contributed by atoms with E-state index in [0.29, 0.717) is 16.6 Å². The van der Waals surface area contributed by atoms with Crippen molar-refractivity contribution < 1.29 is 4.79 Å². The quantitative estimate of drug-likeness (QED) is 0.487. The van der Waals surface area contributed by atoms with Crippen LogP contribution in [-0.2, 0) is 0 Å². The molecule has 0 aliphatic rings. The molecule has 0 atom stereocenters. The Labute approximate surface area is 143 Å².